The SMILES string of the molecule is CC(C)(C)OC(=O)N1CCO[C@H]([C@@H](Oc2ccccc2B2OC(C)(C)C(C)(C)O2)c2ccccc2)C1. The lowest BCUT2D eigenvalue weighted by atomic mass is 9.78. The molecule has 8 heteroatoms. The van der Waals surface area contributed by atoms with Crippen LogP contribution in [0.25, 0.3) is 0 Å². The number of nitrogens with zero attached hydrogens (tertiary/aromatic N) is 1. The molecule has 2 aliphatic heterocycles. The summed E-state index contributed by atoms with van der Waals surface area (Å²) in [5.74, 6) is 0.655. The van der Waals surface area contributed by atoms with E-state index in [0.29, 0.717) is 25.4 Å². The summed E-state index contributed by atoms with van der Waals surface area (Å²) in [6.45, 7) is 15.0. The highest BCUT2D eigenvalue weighted by molar-refractivity contribution is 6.63. The van der Waals surface area contributed by atoms with Gasteiger partial charge in [-0.3, -0.25) is 0 Å². The number of benzene rings is 2. The van der Waals surface area contributed by atoms with Crippen molar-refractivity contribution >= 4 is 18.7 Å². The summed E-state index contributed by atoms with van der Waals surface area (Å²) in [7, 11) is -0.562. The van der Waals surface area contributed by atoms with Crippen LogP contribution in [-0.4, -0.2) is 60.7 Å². The summed E-state index contributed by atoms with van der Waals surface area (Å²) in [4.78, 5) is 14.5. The molecule has 7 nitrogen and oxygen atoms in total. The molecule has 0 N–H and O–H groups in total. The topological polar surface area (TPSA) is 66.5 Å². The van der Waals surface area contributed by atoms with Crippen molar-refractivity contribution in [2.75, 3.05) is 19.7 Å². The Bertz CT molecular complexity index is 1040. The number of carbonyl (C=O) groups is 1. The van der Waals surface area contributed by atoms with Crippen LogP contribution in [0, 0.1) is 0 Å². The van der Waals surface area contributed by atoms with Crippen LogP contribution in [0.4, 0.5) is 4.79 Å². The normalized spacial score (nSPS) is 22.2. The highest BCUT2D eigenvalue weighted by atomic mass is 16.7. The Morgan fingerprint density at radius 2 is 1.61 bits per heavy atom. The fourth-order valence-electron chi connectivity index (χ4n) is 4.24. The van der Waals surface area contributed by atoms with Crippen LogP contribution < -0.4 is 10.2 Å². The summed E-state index contributed by atoms with van der Waals surface area (Å²) >= 11 is 0. The van der Waals surface area contributed by atoms with E-state index in [9.17, 15) is 4.79 Å². The van der Waals surface area contributed by atoms with Gasteiger partial charge < -0.3 is 28.4 Å². The smallest absolute Gasteiger partial charge is 0.483 e. The van der Waals surface area contributed by atoms with E-state index < -0.39 is 30.0 Å². The third-order valence-corrected chi connectivity index (χ3v) is 6.89. The summed E-state index contributed by atoms with van der Waals surface area (Å²) in [6.07, 6.45) is -1.19. The van der Waals surface area contributed by atoms with Gasteiger partial charge in [0.15, 0.2) is 6.10 Å². The fraction of sp³-hybridized carbons (Fsp3) is 0.536. The van der Waals surface area contributed by atoms with Gasteiger partial charge in [0.1, 0.15) is 17.5 Å². The molecule has 2 aliphatic rings. The lowest BCUT2D eigenvalue weighted by Gasteiger charge is -2.37. The number of hydrogen-bond acceptors (Lipinski definition) is 6. The maximum absolute atomic E-state index is 12.8. The predicted octanol–water partition coefficient (Wildman–Crippen LogP) is 4.74. The Hall–Kier alpha value is -2.55. The number of para-hydroxylation sites is 1. The molecule has 0 aromatic heterocycles. The monoisotopic (exact) mass is 495 g/mol. The average Bonchev–Trinajstić information content (AvgIpc) is 3.04. The van der Waals surface area contributed by atoms with Crippen molar-refractivity contribution in [3.8, 4) is 5.75 Å². The number of rotatable bonds is 5. The molecule has 0 spiro atoms. The minimum absolute atomic E-state index is 0.347. The maximum Gasteiger partial charge on any atom is 0.498 e. The first kappa shape index (κ1) is 26.5. The van der Waals surface area contributed by atoms with Crippen LogP contribution in [-0.2, 0) is 18.8 Å². The molecule has 2 fully saturated rings. The Morgan fingerprint density at radius 1 is 1.00 bits per heavy atom. The lowest BCUT2D eigenvalue weighted by Crippen LogP contribution is -2.50. The number of morpholine rings is 1. The molecule has 1 amide bonds. The van der Waals surface area contributed by atoms with E-state index in [1.807, 2.05) is 103 Å². The van der Waals surface area contributed by atoms with Gasteiger partial charge in [0.05, 0.1) is 24.4 Å². The standard InChI is InChI=1S/C28H38BNO6/c1-26(2,3)34-25(31)30-17-18-32-23(19-30)24(20-13-9-8-10-14-20)33-22-16-12-11-15-21(22)29-35-27(4,5)28(6,7)36-29/h8-16,23-24H,17-19H2,1-7H3/t23-,24-/m0/s1. The zero-order chi connectivity index (χ0) is 26.1. The van der Waals surface area contributed by atoms with Crippen LogP contribution in [0.15, 0.2) is 54.6 Å². The van der Waals surface area contributed by atoms with E-state index >= 15 is 0 Å². The summed E-state index contributed by atoms with van der Waals surface area (Å²) in [6, 6.07) is 17.7. The molecule has 0 saturated carbocycles. The fourth-order valence-corrected chi connectivity index (χ4v) is 4.24. The molecular weight excluding hydrogens is 457 g/mol. The zero-order valence-electron chi connectivity index (χ0n) is 22.4. The van der Waals surface area contributed by atoms with Crippen molar-refractivity contribution in [1.29, 1.82) is 0 Å². The quantitative estimate of drug-likeness (QED) is 0.559. The van der Waals surface area contributed by atoms with Crippen molar-refractivity contribution in [3.05, 3.63) is 60.2 Å². The molecule has 4 rings (SSSR count). The number of ether oxygens (including phenoxy) is 3. The number of amides is 1. The second-order valence-corrected chi connectivity index (χ2v) is 11.4. The Labute approximate surface area is 215 Å². The maximum atomic E-state index is 12.8. The molecule has 2 heterocycles. The average molecular weight is 495 g/mol. The predicted molar refractivity (Wildman–Crippen MR) is 140 cm³/mol. The minimum atomic E-state index is -0.567. The molecule has 0 aliphatic carbocycles. The van der Waals surface area contributed by atoms with Crippen molar-refractivity contribution in [3.63, 3.8) is 0 Å². The van der Waals surface area contributed by atoms with E-state index in [0.717, 1.165) is 11.0 Å². The van der Waals surface area contributed by atoms with E-state index in [1.54, 1.807) is 4.90 Å². The van der Waals surface area contributed by atoms with Crippen LogP contribution in [0.2, 0.25) is 0 Å². The van der Waals surface area contributed by atoms with Gasteiger partial charge in [0, 0.05) is 12.0 Å². The largest absolute Gasteiger partial charge is 0.498 e. The highest BCUT2D eigenvalue weighted by Gasteiger charge is 2.52. The Kier molecular flexibility index (Phi) is 7.42. The second kappa shape index (κ2) is 10.1. The van der Waals surface area contributed by atoms with Crippen molar-refractivity contribution in [2.24, 2.45) is 0 Å². The summed E-state index contributed by atoms with van der Waals surface area (Å²) in [5, 5.41) is 0. The summed E-state index contributed by atoms with van der Waals surface area (Å²) in [5.41, 5.74) is 0.268. The molecule has 0 unspecified atom stereocenters. The minimum Gasteiger partial charge on any atom is -0.483 e. The first-order valence-corrected chi connectivity index (χ1v) is 12.6. The third-order valence-electron chi connectivity index (χ3n) is 6.89. The Morgan fingerprint density at radius 3 is 2.25 bits per heavy atom. The van der Waals surface area contributed by atoms with E-state index in [-0.39, 0.29) is 12.2 Å². The van der Waals surface area contributed by atoms with Gasteiger partial charge in [-0.05, 0) is 60.1 Å². The van der Waals surface area contributed by atoms with Crippen LogP contribution in [0.1, 0.15) is 60.1 Å². The molecular formula is C28H38BNO6. The van der Waals surface area contributed by atoms with E-state index in [4.69, 9.17) is 23.5 Å². The van der Waals surface area contributed by atoms with Gasteiger partial charge in [-0.2, -0.15) is 0 Å². The third kappa shape index (κ3) is 5.88. The molecule has 2 aromatic rings. The van der Waals surface area contributed by atoms with Crippen LogP contribution in [0.5, 0.6) is 5.75 Å². The Balaban J connectivity index is 1.61. The molecule has 0 radical (unpaired) electrons. The van der Waals surface area contributed by atoms with Crippen molar-refractivity contribution < 1.29 is 28.3 Å². The van der Waals surface area contributed by atoms with E-state index in [2.05, 4.69) is 0 Å². The lowest BCUT2D eigenvalue weighted by molar-refractivity contribution is -0.0835. The van der Waals surface area contributed by atoms with Crippen molar-refractivity contribution in [1.82, 2.24) is 4.90 Å². The van der Waals surface area contributed by atoms with Gasteiger partial charge in [-0.15, -0.1) is 0 Å². The molecule has 194 valence electrons. The van der Waals surface area contributed by atoms with Gasteiger partial charge >= 0.3 is 13.2 Å². The first-order valence-electron chi connectivity index (χ1n) is 12.6. The molecule has 2 saturated heterocycles. The van der Waals surface area contributed by atoms with Gasteiger partial charge in [0.2, 0.25) is 0 Å². The molecule has 2 atom stereocenters. The van der Waals surface area contributed by atoms with Gasteiger partial charge in [-0.1, -0.05) is 48.5 Å². The molecule has 0 bridgehead atoms. The molecule has 36 heavy (non-hydrogen) atoms. The molecule has 2 aromatic carbocycles. The number of carbonyl (C=O) groups excluding carboxylic acids is 1. The first-order chi connectivity index (χ1) is 16.9. The van der Waals surface area contributed by atoms with Crippen LogP contribution >= 0.6 is 0 Å². The van der Waals surface area contributed by atoms with E-state index in [1.165, 1.54) is 0 Å². The van der Waals surface area contributed by atoms with Gasteiger partial charge in [0.25, 0.3) is 0 Å². The zero-order valence-corrected chi connectivity index (χ0v) is 22.4. The van der Waals surface area contributed by atoms with Crippen molar-refractivity contribution in [2.45, 2.75) is 77.5 Å². The highest BCUT2D eigenvalue weighted by Crippen LogP contribution is 2.38. The number of hydrogen-bond donors (Lipinski definition) is 0. The summed E-state index contributed by atoms with van der Waals surface area (Å²) < 4.78 is 31.1. The van der Waals surface area contributed by atoms with Crippen LogP contribution in [0.3, 0.4) is 0 Å². The second-order valence-electron chi connectivity index (χ2n) is 11.4. The van der Waals surface area contributed by atoms with Gasteiger partial charge in [-0.25, -0.2) is 4.79 Å².